The van der Waals surface area contributed by atoms with E-state index < -0.39 is 11.6 Å². The van der Waals surface area contributed by atoms with E-state index in [2.05, 4.69) is 15.5 Å². The molecule has 0 aliphatic carbocycles. The van der Waals surface area contributed by atoms with Crippen molar-refractivity contribution in [1.29, 1.82) is 0 Å². The van der Waals surface area contributed by atoms with Crippen molar-refractivity contribution in [3.63, 3.8) is 0 Å². The fraction of sp³-hybridized carbons (Fsp3) is 0.280. The number of hydrogen-bond acceptors (Lipinski definition) is 4. The maximum absolute atomic E-state index is 13.4. The smallest absolute Gasteiger partial charge is 0.295 e. The number of benzene rings is 2. The maximum atomic E-state index is 13.4. The largest absolute Gasteiger partial charge is 0.324 e. The number of nitrogens with one attached hydrogen (secondary N) is 1. The number of anilines is 1. The molecule has 1 amide bonds. The Labute approximate surface area is 197 Å². The van der Waals surface area contributed by atoms with Crippen molar-refractivity contribution in [3.8, 4) is 5.69 Å². The van der Waals surface area contributed by atoms with E-state index in [-0.39, 0.29) is 5.91 Å². The molecule has 8 heteroatoms. The van der Waals surface area contributed by atoms with Gasteiger partial charge < -0.3 is 5.32 Å². The van der Waals surface area contributed by atoms with Gasteiger partial charge in [0, 0.05) is 10.7 Å². The molecule has 1 atom stereocenters. The van der Waals surface area contributed by atoms with E-state index in [0.717, 1.165) is 22.5 Å². The summed E-state index contributed by atoms with van der Waals surface area (Å²) in [6.07, 6.45) is 0.390. The minimum absolute atomic E-state index is 0.297. The Morgan fingerprint density at radius 1 is 1.06 bits per heavy atom. The summed E-state index contributed by atoms with van der Waals surface area (Å²) >= 11 is 6.19. The number of hydrogen-bond donors (Lipinski definition) is 1. The summed E-state index contributed by atoms with van der Waals surface area (Å²) in [5.41, 5.74) is 4.75. The first kappa shape index (κ1) is 22.7. The highest BCUT2D eigenvalue weighted by molar-refractivity contribution is 6.31. The van der Waals surface area contributed by atoms with Crippen molar-refractivity contribution in [2.75, 3.05) is 5.32 Å². The van der Waals surface area contributed by atoms with Gasteiger partial charge in [0.1, 0.15) is 6.04 Å². The molecule has 0 fully saturated rings. The minimum Gasteiger partial charge on any atom is -0.324 e. The molecule has 7 nitrogen and oxygen atoms in total. The van der Waals surface area contributed by atoms with E-state index in [1.165, 1.54) is 4.68 Å². The molecule has 170 valence electrons. The summed E-state index contributed by atoms with van der Waals surface area (Å²) in [4.78, 5) is 26.6. The van der Waals surface area contributed by atoms with E-state index >= 15 is 0 Å². The molecule has 4 rings (SSSR count). The van der Waals surface area contributed by atoms with Gasteiger partial charge in [0.15, 0.2) is 5.52 Å². The van der Waals surface area contributed by atoms with Gasteiger partial charge in [-0.1, -0.05) is 42.3 Å². The van der Waals surface area contributed by atoms with Gasteiger partial charge in [-0.2, -0.15) is 10.2 Å². The van der Waals surface area contributed by atoms with Crippen LogP contribution in [-0.4, -0.2) is 25.5 Å². The van der Waals surface area contributed by atoms with Crippen LogP contribution in [0.2, 0.25) is 5.02 Å². The molecule has 0 aliphatic rings. The fourth-order valence-corrected chi connectivity index (χ4v) is 4.20. The molecule has 2 aromatic heterocycles. The van der Waals surface area contributed by atoms with Crippen LogP contribution in [0.5, 0.6) is 0 Å². The van der Waals surface area contributed by atoms with Gasteiger partial charge in [0.05, 0.1) is 22.5 Å². The van der Waals surface area contributed by atoms with Crippen molar-refractivity contribution in [2.45, 2.75) is 47.1 Å². The molecular weight excluding hydrogens is 438 g/mol. The monoisotopic (exact) mass is 463 g/mol. The van der Waals surface area contributed by atoms with Gasteiger partial charge in [-0.25, -0.2) is 9.36 Å². The van der Waals surface area contributed by atoms with Crippen molar-refractivity contribution < 1.29 is 4.79 Å². The van der Waals surface area contributed by atoms with Crippen LogP contribution in [0.4, 0.5) is 5.69 Å². The maximum Gasteiger partial charge on any atom is 0.295 e. The van der Waals surface area contributed by atoms with Crippen molar-refractivity contribution >= 4 is 34.1 Å². The number of fused-ring (bicyclic) bond motifs is 1. The number of aromatic nitrogens is 4. The zero-order valence-corrected chi connectivity index (χ0v) is 20.1. The van der Waals surface area contributed by atoms with Crippen LogP contribution in [-0.2, 0) is 4.79 Å². The fourth-order valence-electron chi connectivity index (χ4n) is 4.03. The standard InChI is InChI=1S/C25H26ClN5O2/c1-6-21(24(32)27-20-9-7-8-19(26)15(20)3)31-25(33)23-22(16(4)28-31)17(5)30(29-23)18-12-10-14(2)11-13-18/h7-13,21H,6H2,1-5H3,(H,27,32)/t21-/m0/s1. The summed E-state index contributed by atoms with van der Waals surface area (Å²) in [5, 5.41) is 13.3. The molecule has 0 saturated carbocycles. The zero-order chi connectivity index (χ0) is 23.9. The van der Waals surface area contributed by atoms with Gasteiger partial charge in [0.2, 0.25) is 5.91 Å². The van der Waals surface area contributed by atoms with E-state index in [1.54, 1.807) is 22.9 Å². The first-order valence-corrected chi connectivity index (χ1v) is 11.2. The number of aryl methyl sites for hydroxylation is 3. The Balaban J connectivity index is 1.79. The van der Waals surface area contributed by atoms with Gasteiger partial charge >= 0.3 is 0 Å². The molecule has 33 heavy (non-hydrogen) atoms. The average molecular weight is 464 g/mol. The highest BCUT2D eigenvalue weighted by Crippen LogP contribution is 2.25. The van der Waals surface area contributed by atoms with Crippen LogP contribution >= 0.6 is 11.6 Å². The lowest BCUT2D eigenvalue weighted by atomic mass is 10.1. The molecule has 4 aromatic rings. The first-order valence-electron chi connectivity index (χ1n) is 10.8. The second-order valence-electron chi connectivity index (χ2n) is 8.22. The number of halogens is 1. The summed E-state index contributed by atoms with van der Waals surface area (Å²) in [6, 6.07) is 12.5. The number of carbonyl (C=O) groups excluding carboxylic acids is 1. The molecule has 1 N–H and O–H groups in total. The predicted molar refractivity (Wildman–Crippen MR) is 131 cm³/mol. The number of carbonyl (C=O) groups is 1. The third-order valence-electron chi connectivity index (χ3n) is 5.94. The number of rotatable bonds is 5. The summed E-state index contributed by atoms with van der Waals surface area (Å²) in [7, 11) is 0. The molecule has 0 radical (unpaired) electrons. The summed E-state index contributed by atoms with van der Waals surface area (Å²) in [6.45, 7) is 9.44. The first-order chi connectivity index (χ1) is 15.7. The lowest BCUT2D eigenvalue weighted by Crippen LogP contribution is -2.35. The van der Waals surface area contributed by atoms with Crippen molar-refractivity contribution in [3.05, 3.63) is 80.4 Å². The predicted octanol–water partition coefficient (Wildman–Crippen LogP) is 5.06. The molecule has 0 aliphatic heterocycles. The van der Waals surface area contributed by atoms with E-state index in [9.17, 15) is 9.59 Å². The molecule has 0 saturated heterocycles. The molecular formula is C25H26ClN5O2. The van der Waals surface area contributed by atoms with Gasteiger partial charge in [-0.3, -0.25) is 9.59 Å². The second-order valence-corrected chi connectivity index (χ2v) is 8.62. The second kappa shape index (κ2) is 8.83. The van der Waals surface area contributed by atoms with Gasteiger partial charge in [0.25, 0.3) is 5.56 Å². The van der Waals surface area contributed by atoms with E-state index in [4.69, 9.17) is 11.6 Å². The molecule has 0 spiro atoms. The quantitative estimate of drug-likeness (QED) is 0.448. The SMILES string of the molecule is CC[C@@H](C(=O)Nc1cccc(Cl)c1C)n1nc(C)c2c(C)n(-c3ccc(C)cc3)nc2c1=O. The topological polar surface area (TPSA) is 81.8 Å². The van der Waals surface area contributed by atoms with Crippen molar-refractivity contribution in [2.24, 2.45) is 0 Å². The highest BCUT2D eigenvalue weighted by Gasteiger charge is 2.25. The summed E-state index contributed by atoms with van der Waals surface area (Å²) < 4.78 is 3.00. The average Bonchev–Trinajstić information content (AvgIpc) is 3.14. The molecule has 2 heterocycles. The van der Waals surface area contributed by atoms with Crippen LogP contribution in [0.25, 0.3) is 16.6 Å². The lowest BCUT2D eigenvalue weighted by Gasteiger charge is -2.18. The third kappa shape index (κ3) is 4.04. The Hall–Kier alpha value is -3.45. The molecule has 0 unspecified atom stereocenters. The summed E-state index contributed by atoms with van der Waals surface area (Å²) in [5.74, 6) is -0.328. The van der Waals surface area contributed by atoms with Crippen LogP contribution < -0.4 is 10.9 Å². The number of nitrogens with zero attached hydrogens (tertiary/aromatic N) is 4. The Bertz CT molecular complexity index is 1420. The minimum atomic E-state index is -0.788. The van der Waals surface area contributed by atoms with Crippen LogP contribution in [0, 0.1) is 27.7 Å². The van der Waals surface area contributed by atoms with Crippen LogP contribution in [0.1, 0.15) is 41.9 Å². The van der Waals surface area contributed by atoms with E-state index in [1.807, 2.05) is 58.9 Å². The Morgan fingerprint density at radius 2 is 1.76 bits per heavy atom. The highest BCUT2D eigenvalue weighted by atomic mass is 35.5. The molecule has 2 aromatic carbocycles. The van der Waals surface area contributed by atoms with Crippen LogP contribution in [0.15, 0.2) is 47.3 Å². The zero-order valence-electron chi connectivity index (χ0n) is 19.3. The third-order valence-corrected chi connectivity index (χ3v) is 6.34. The van der Waals surface area contributed by atoms with Crippen LogP contribution in [0.3, 0.4) is 0 Å². The van der Waals surface area contributed by atoms with Gasteiger partial charge in [-0.05, 0) is 63.9 Å². The Kier molecular flexibility index (Phi) is 6.08. The normalized spacial score (nSPS) is 12.2. The van der Waals surface area contributed by atoms with Gasteiger partial charge in [-0.15, -0.1) is 0 Å². The van der Waals surface area contributed by atoms with E-state index in [0.29, 0.717) is 33.7 Å². The van der Waals surface area contributed by atoms with Crippen molar-refractivity contribution in [1.82, 2.24) is 19.6 Å². The Morgan fingerprint density at radius 3 is 2.42 bits per heavy atom. The molecule has 0 bridgehead atoms. The number of amides is 1. The lowest BCUT2D eigenvalue weighted by molar-refractivity contribution is -0.119.